The molecule has 6 rings (SSSR count). The zero-order valence-corrected chi connectivity index (χ0v) is 19.2. The number of nitrogens with zero attached hydrogens (tertiary/aromatic N) is 1. The summed E-state index contributed by atoms with van der Waals surface area (Å²) in [6.45, 7) is 8.20. The molecule has 164 valence electrons. The summed E-state index contributed by atoms with van der Waals surface area (Å²) in [6.07, 6.45) is 0. The molecular formula is C28H25BFNO2. The summed E-state index contributed by atoms with van der Waals surface area (Å²) >= 11 is 0. The summed E-state index contributed by atoms with van der Waals surface area (Å²) in [7, 11) is -0.572. The summed E-state index contributed by atoms with van der Waals surface area (Å²) in [6, 6.07) is 25.7. The smallest absolute Gasteiger partial charge is 0.399 e. The lowest BCUT2D eigenvalue weighted by Crippen LogP contribution is -2.41. The van der Waals surface area contributed by atoms with Crippen LogP contribution in [0.1, 0.15) is 27.7 Å². The zero-order valence-electron chi connectivity index (χ0n) is 19.2. The lowest BCUT2D eigenvalue weighted by molar-refractivity contribution is 0.00578. The quantitative estimate of drug-likeness (QED) is 0.300. The van der Waals surface area contributed by atoms with E-state index < -0.39 is 18.3 Å². The third-order valence-electron chi connectivity index (χ3n) is 7.31. The van der Waals surface area contributed by atoms with E-state index in [4.69, 9.17) is 9.31 Å². The van der Waals surface area contributed by atoms with Crippen LogP contribution in [0.15, 0.2) is 78.9 Å². The highest BCUT2D eigenvalue weighted by Crippen LogP contribution is 2.39. The van der Waals surface area contributed by atoms with Gasteiger partial charge in [-0.15, -0.1) is 0 Å². The molecule has 33 heavy (non-hydrogen) atoms. The Balaban J connectivity index is 1.76. The van der Waals surface area contributed by atoms with Gasteiger partial charge in [0, 0.05) is 21.6 Å². The van der Waals surface area contributed by atoms with E-state index in [0.717, 1.165) is 38.2 Å². The number of fused-ring (bicyclic) bond motifs is 4. The predicted molar refractivity (Wildman–Crippen MR) is 134 cm³/mol. The van der Waals surface area contributed by atoms with Gasteiger partial charge in [0.05, 0.1) is 27.9 Å². The maximum absolute atomic E-state index is 15.4. The molecule has 2 heterocycles. The van der Waals surface area contributed by atoms with E-state index in [9.17, 15) is 0 Å². The van der Waals surface area contributed by atoms with Crippen LogP contribution in [0.3, 0.4) is 0 Å². The molecule has 5 heteroatoms. The van der Waals surface area contributed by atoms with Crippen LogP contribution in [-0.2, 0) is 9.31 Å². The standard InChI is InChI=1S/C28H25BFNO2/c1-27(2)28(3,4)33-29(32-27)22-17-16-18-10-5-6-11-19(18)25(22)31-24-15-8-7-12-20(24)21-13-9-14-23(30)26(21)31/h5-17H,1-4H3. The van der Waals surface area contributed by atoms with Gasteiger partial charge in [-0.05, 0) is 45.2 Å². The molecule has 3 nitrogen and oxygen atoms in total. The average Bonchev–Trinajstić information content (AvgIpc) is 3.24. The van der Waals surface area contributed by atoms with Gasteiger partial charge in [-0.2, -0.15) is 0 Å². The van der Waals surface area contributed by atoms with Crippen LogP contribution in [0, 0.1) is 5.82 Å². The number of para-hydroxylation sites is 2. The lowest BCUT2D eigenvalue weighted by Gasteiger charge is -2.32. The van der Waals surface area contributed by atoms with Gasteiger partial charge in [0.25, 0.3) is 0 Å². The van der Waals surface area contributed by atoms with Crippen LogP contribution in [0.5, 0.6) is 0 Å². The summed E-state index contributed by atoms with van der Waals surface area (Å²) in [5, 5.41) is 4.00. The summed E-state index contributed by atoms with van der Waals surface area (Å²) < 4.78 is 30.4. The van der Waals surface area contributed by atoms with E-state index in [0.29, 0.717) is 5.52 Å². The Morgan fingerprint density at radius 2 is 1.33 bits per heavy atom. The van der Waals surface area contributed by atoms with Crippen molar-refractivity contribution in [2.24, 2.45) is 0 Å². The normalized spacial score (nSPS) is 17.4. The van der Waals surface area contributed by atoms with Crippen LogP contribution in [0.25, 0.3) is 38.3 Å². The average molecular weight is 437 g/mol. The van der Waals surface area contributed by atoms with Gasteiger partial charge in [0.2, 0.25) is 0 Å². The van der Waals surface area contributed by atoms with Crippen molar-refractivity contribution in [1.82, 2.24) is 4.57 Å². The predicted octanol–water partition coefficient (Wildman–Crippen LogP) is 6.38. The molecule has 0 unspecified atom stereocenters. The van der Waals surface area contributed by atoms with E-state index in [2.05, 4.69) is 24.3 Å². The van der Waals surface area contributed by atoms with Crippen LogP contribution < -0.4 is 5.46 Å². The molecular weight excluding hydrogens is 412 g/mol. The Morgan fingerprint density at radius 1 is 0.697 bits per heavy atom. The van der Waals surface area contributed by atoms with Gasteiger partial charge in [-0.1, -0.05) is 66.7 Å². The third-order valence-corrected chi connectivity index (χ3v) is 7.31. The maximum atomic E-state index is 15.4. The van der Waals surface area contributed by atoms with Gasteiger partial charge in [0.15, 0.2) is 0 Å². The molecule has 0 saturated carbocycles. The summed E-state index contributed by atoms with van der Waals surface area (Å²) in [4.78, 5) is 0. The fourth-order valence-corrected chi connectivity index (χ4v) is 4.89. The largest absolute Gasteiger partial charge is 0.497 e. The Morgan fingerprint density at radius 3 is 2.09 bits per heavy atom. The summed E-state index contributed by atoms with van der Waals surface area (Å²) in [5.41, 5.74) is 2.33. The molecule has 5 aromatic rings. The third kappa shape index (κ3) is 2.89. The Bertz CT molecular complexity index is 1540. The van der Waals surface area contributed by atoms with Gasteiger partial charge in [-0.25, -0.2) is 4.39 Å². The molecule has 1 fully saturated rings. The SMILES string of the molecule is CC1(C)OB(c2ccc3ccccc3c2-n2c3ccccc3c3cccc(F)c32)OC1(C)C. The van der Waals surface area contributed by atoms with Crippen molar-refractivity contribution in [3.05, 3.63) is 84.7 Å². The van der Waals surface area contributed by atoms with Crippen molar-refractivity contribution in [2.75, 3.05) is 0 Å². The second-order valence-corrected chi connectivity index (χ2v) is 9.80. The Hall–Kier alpha value is -3.15. The highest BCUT2D eigenvalue weighted by Gasteiger charge is 2.52. The first kappa shape index (κ1) is 20.5. The molecule has 1 aliphatic heterocycles. The zero-order chi connectivity index (χ0) is 23.0. The fourth-order valence-electron chi connectivity index (χ4n) is 4.89. The number of benzene rings is 4. The minimum Gasteiger partial charge on any atom is -0.399 e. The van der Waals surface area contributed by atoms with E-state index in [1.54, 1.807) is 6.07 Å². The molecule has 0 spiro atoms. The van der Waals surface area contributed by atoms with E-state index in [-0.39, 0.29) is 5.82 Å². The van der Waals surface area contributed by atoms with Crippen molar-refractivity contribution < 1.29 is 13.7 Å². The molecule has 0 radical (unpaired) electrons. The molecule has 0 amide bonds. The summed E-state index contributed by atoms with van der Waals surface area (Å²) in [5.74, 6) is -0.253. The lowest BCUT2D eigenvalue weighted by atomic mass is 9.76. The molecule has 0 atom stereocenters. The van der Waals surface area contributed by atoms with Crippen LogP contribution >= 0.6 is 0 Å². The number of hydrogen-bond acceptors (Lipinski definition) is 2. The molecule has 4 aromatic carbocycles. The molecule has 1 aromatic heterocycles. The molecule has 0 aliphatic carbocycles. The van der Waals surface area contributed by atoms with Crippen LogP contribution in [0.4, 0.5) is 4.39 Å². The molecule has 1 aliphatic rings. The van der Waals surface area contributed by atoms with Crippen molar-refractivity contribution in [2.45, 2.75) is 38.9 Å². The van der Waals surface area contributed by atoms with Crippen molar-refractivity contribution in [3.8, 4) is 5.69 Å². The Labute approximate surface area is 192 Å². The van der Waals surface area contributed by atoms with Crippen molar-refractivity contribution >= 4 is 45.2 Å². The fraction of sp³-hybridized carbons (Fsp3) is 0.214. The minimum atomic E-state index is -0.572. The first-order valence-electron chi connectivity index (χ1n) is 11.3. The van der Waals surface area contributed by atoms with Gasteiger partial charge in [-0.3, -0.25) is 0 Å². The maximum Gasteiger partial charge on any atom is 0.497 e. The molecule has 1 saturated heterocycles. The number of aromatic nitrogens is 1. The van der Waals surface area contributed by atoms with E-state index >= 15 is 4.39 Å². The van der Waals surface area contributed by atoms with Crippen LogP contribution in [0.2, 0.25) is 0 Å². The first-order valence-corrected chi connectivity index (χ1v) is 11.3. The van der Waals surface area contributed by atoms with Crippen LogP contribution in [-0.4, -0.2) is 22.9 Å². The Kier molecular flexibility index (Phi) is 4.29. The van der Waals surface area contributed by atoms with E-state index in [1.165, 1.54) is 6.07 Å². The van der Waals surface area contributed by atoms with Gasteiger partial charge < -0.3 is 13.9 Å². The second kappa shape index (κ2) is 6.93. The monoisotopic (exact) mass is 437 g/mol. The number of halogens is 1. The topological polar surface area (TPSA) is 23.4 Å². The number of rotatable bonds is 2. The van der Waals surface area contributed by atoms with Gasteiger partial charge >= 0.3 is 7.12 Å². The second-order valence-electron chi connectivity index (χ2n) is 9.80. The van der Waals surface area contributed by atoms with Crippen molar-refractivity contribution in [3.63, 3.8) is 0 Å². The van der Waals surface area contributed by atoms with Crippen molar-refractivity contribution in [1.29, 1.82) is 0 Å². The van der Waals surface area contributed by atoms with Gasteiger partial charge in [0.1, 0.15) is 5.82 Å². The molecule has 0 bridgehead atoms. The highest BCUT2D eigenvalue weighted by atomic mass is 19.1. The highest BCUT2D eigenvalue weighted by molar-refractivity contribution is 6.64. The molecule has 0 N–H and O–H groups in total. The number of hydrogen-bond donors (Lipinski definition) is 0. The minimum absolute atomic E-state index is 0.253. The van der Waals surface area contributed by atoms with E-state index in [1.807, 2.05) is 74.7 Å². The first-order chi connectivity index (χ1) is 15.8.